The third-order valence-corrected chi connectivity index (χ3v) is 6.65. The quantitative estimate of drug-likeness (QED) is 0.296. The van der Waals surface area contributed by atoms with Gasteiger partial charge in [0.2, 0.25) is 0 Å². The fourth-order valence-electron chi connectivity index (χ4n) is 4.37. The number of pyridine rings is 1. The van der Waals surface area contributed by atoms with E-state index in [-0.39, 0.29) is 0 Å². The van der Waals surface area contributed by atoms with Gasteiger partial charge in [-0.3, -0.25) is 0 Å². The largest absolute Gasteiger partial charge is 0.357 e. The Kier molecular flexibility index (Phi) is 6.07. The molecule has 0 amide bonds. The first-order valence-corrected chi connectivity index (χ1v) is 11.9. The van der Waals surface area contributed by atoms with Crippen LogP contribution in [0.15, 0.2) is 73.3 Å². The van der Waals surface area contributed by atoms with Gasteiger partial charge in [-0.05, 0) is 55.8 Å². The Morgan fingerprint density at radius 2 is 1.76 bits per heavy atom. The molecule has 0 aliphatic rings. The van der Waals surface area contributed by atoms with E-state index in [2.05, 4.69) is 65.2 Å². The number of anilines is 1. The first-order valence-electron chi connectivity index (χ1n) is 11.5. The number of rotatable bonds is 7. The molecule has 0 spiro atoms. The van der Waals surface area contributed by atoms with Crippen LogP contribution in [0, 0.1) is 0 Å². The third-order valence-electron chi connectivity index (χ3n) is 6.22. The summed E-state index contributed by atoms with van der Waals surface area (Å²) in [5.41, 5.74) is 5.16. The van der Waals surface area contributed by atoms with Gasteiger partial charge in [0.05, 0.1) is 16.2 Å². The maximum atomic E-state index is 7.13. The lowest BCUT2D eigenvalue weighted by atomic mass is 10.0. The van der Waals surface area contributed by atoms with E-state index in [4.69, 9.17) is 16.6 Å². The van der Waals surface area contributed by atoms with E-state index in [1.807, 2.05) is 40.8 Å². The molecule has 6 nitrogen and oxygen atoms in total. The SMILES string of the molecule is CCN(CC)c1nc2ccc(-c3nccn3C)cc2c(Cl)c1Cc1ccc(-n2cccn2)cc1. The number of benzene rings is 2. The van der Waals surface area contributed by atoms with Crippen LogP contribution in [0.5, 0.6) is 0 Å². The fraction of sp³-hybridized carbons (Fsp3) is 0.222. The number of hydrogen-bond donors (Lipinski definition) is 0. The standard InChI is InChI=1S/C27H27ClN6/c1-4-33(5-2)27-23(17-19-7-10-21(11-8-19)34-15-6-13-30-34)25(28)22-18-20(9-12-24(22)31-27)26-29-14-16-32(26)3/h6-16,18H,4-5,17H2,1-3H3. The van der Waals surface area contributed by atoms with Crippen LogP contribution in [-0.4, -0.2) is 37.4 Å². The van der Waals surface area contributed by atoms with Crippen LogP contribution in [0.1, 0.15) is 25.0 Å². The Hall–Kier alpha value is -3.64. The number of halogens is 1. The zero-order valence-electron chi connectivity index (χ0n) is 19.6. The highest BCUT2D eigenvalue weighted by Gasteiger charge is 2.19. The molecule has 0 atom stereocenters. The van der Waals surface area contributed by atoms with Crippen molar-refractivity contribution in [1.29, 1.82) is 0 Å². The summed E-state index contributed by atoms with van der Waals surface area (Å²) in [6.07, 6.45) is 8.17. The van der Waals surface area contributed by atoms with E-state index in [1.54, 1.807) is 12.4 Å². The van der Waals surface area contributed by atoms with Gasteiger partial charge in [0, 0.05) is 67.9 Å². The molecule has 0 fully saturated rings. The lowest BCUT2D eigenvalue weighted by molar-refractivity contribution is 0.840. The molecule has 0 aliphatic heterocycles. The van der Waals surface area contributed by atoms with Crippen LogP contribution in [0.25, 0.3) is 28.0 Å². The van der Waals surface area contributed by atoms with Gasteiger partial charge >= 0.3 is 0 Å². The van der Waals surface area contributed by atoms with E-state index in [0.717, 1.165) is 57.5 Å². The predicted molar refractivity (Wildman–Crippen MR) is 139 cm³/mol. The molecule has 34 heavy (non-hydrogen) atoms. The van der Waals surface area contributed by atoms with Crippen molar-refractivity contribution in [2.75, 3.05) is 18.0 Å². The summed E-state index contributed by atoms with van der Waals surface area (Å²) < 4.78 is 3.86. The highest BCUT2D eigenvalue weighted by Crippen LogP contribution is 2.36. The van der Waals surface area contributed by atoms with Gasteiger partial charge < -0.3 is 9.47 Å². The normalized spacial score (nSPS) is 11.3. The van der Waals surface area contributed by atoms with Crippen LogP contribution in [0.4, 0.5) is 5.82 Å². The Bertz CT molecular complexity index is 1420. The monoisotopic (exact) mass is 470 g/mol. The fourth-order valence-corrected chi connectivity index (χ4v) is 4.67. The first-order chi connectivity index (χ1) is 16.6. The second-order valence-corrected chi connectivity index (χ2v) is 8.67. The lowest BCUT2D eigenvalue weighted by Crippen LogP contribution is -2.24. The Balaban J connectivity index is 1.60. The van der Waals surface area contributed by atoms with Crippen molar-refractivity contribution in [3.05, 3.63) is 89.5 Å². The van der Waals surface area contributed by atoms with Crippen LogP contribution in [0.3, 0.4) is 0 Å². The second-order valence-electron chi connectivity index (χ2n) is 8.29. The zero-order valence-corrected chi connectivity index (χ0v) is 20.4. The summed E-state index contributed by atoms with van der Waals surface area (Å²) in [7, 11) is 1.99. The van der Waals surface area contributed by atoms with Gasteiger partial charge in [0.15, 0.2) is 0 Å². The molecule has 0 saturated heterocycles. The summed E-state index contributed by atoms with van der Waals surface area (Å²) in [4.78, 5) is 11.8. The van der Waals surface area contributed by atoms with Crippen LogP contribution >= 0.6 is 11.6 Å². The molecule has 0 radical (unpaired) electrons. The third kappa shape index (κ3) is 4.05. The molecular weight excluding hydrogens is 444 g/mol. The molecule has 0 bridgehead atoms. The zero-order chi connectivity index (χ0) is 23.7. The number of imidazole rings is 1. The summed E-state index contributed by atoms with van der Waals surface area (Å²) >= 11 is 7.13. The van der Waals surface area contributed by atoms with Crippen molar-refractivity contribution < 1.29 is 0 Å². The smallest absolute Gasteiger partial charge is 0.139 e. The average molecular weight is 471 g/mol. The van der Waals surface area contributed by atoms with Gasteiger partial charge in [0.1, 0.15) is 11.6 Å². The minimum Gasteiger partial charge on any atom is -0.357 e. The van der Waals surface area contributed by atoms with E-state index in [9.17, 15) is 0 Å². The molecule has 5 aromatic rings. The van der Waals surface area contributed by atoms with Crippen molar-refractivity contribution in [1.82, 2.24) is 24.3 Å². The topological polar surface area (TPSA) is 51.8 Å². The van der Waals surface area contributed by atoms with Gasteiger partial charge in [-0.1, -0.05) is 23.7 Å². The Labute approximate surface area is 204 Å². The maximum absolute atomic E-state index is 7.13. The number of nitrogens with zero attached hydrogens (tertiary/aromatic N) is 6. The molecule has 0 unspecified atom stereocenters. The molecule has 3 heterocycles. The average Bonchev–Trinajstić information content (AvgIpc) is 3.55. The maximum Gasteiger partial charge on any atom is 0.139 e. The molecule has 0 aliphatic carbocycles. The number of hydrogen-bond acceptors (Lipinski definition) is 4. The Morgan fingerprint density at radius 3 is 2.41 bits per heavy atom. The minimum absolute atomic E-state index is 0.694. The molecule has 0 saturated carbocycles. The van der Waals surface area contributed by atoms with Crippen molar-refractivity contribution in [3.63, 3.8) is 0 Å². The van der Waals surface area contributed by atoms with Gasteiger partial charge in [-0.25, -0.2) is 14.6 Å². The molecule has 7 heteroatoms. The molecule has 5 rings (SSSR count). The summed E-state index contributed by atoms with van der Waals surface area (Å²) in [6, 6.07) is 16.6. The first kappa shape index (κ1) is 22.2. The summed E-state index contributed by atoms with van der Waals surface area (Å²) in [6.45, 7) is 6.02. The highest BCUT2D eigenvalue weighted by molar-refractivity contribution is 6.36. The molecule has 3 aromatic heterocycles. The molecule has 0 N–H and O–H groups in total. The summed E-state index contributed by atoms with van der Waals surface area (Å²) in [5.74, 6) is 1.85. The van der Waals surface area contributed by atoms with Gasteiger partial charge in [-0.15, -0.1) is 0 Å². The molecule has 172 valence electrons. The van der Waals surface area contributed by atoms with E-state index >= 15 is 0 Å². The van der Waals surface area contributed by atoms with Gasteiger partial charge in [-0.2, -0.15) is 5.10 Å². The van der Waals surface area contributed by atoms with Crippen LogP contribution < -0.4 is 4.90 Å². The van der Waals surface area contributed by atoms with E-state index in [1.165, 1.54) is 5.56 Å². The second kappa shape index (κ2) is 9.31. The van der Waals surface area contributed by atoms with Crippen molar-refractivity contribution in [3.8, 4) is 17.1 Å². The van der Waals surface area contributed by atoms with Crippen LogP contribution in [0.2, 0.25) is 5.02 Å². The molecular formula is C27H27ClN6. The number of aromatic nitrogens is 5. The van der Waals surface area contributed by atoms with Crippen LogP contribution in [-0.2, 0) is 13.5 Å². The van der Waals surface area contributed by atoms with Crippen molar-refractivity contribution >= 4 is 28.3 Å². The van der Waals surface area contributed by atoms with Gasteiger partial charge in [0.25, 0.3) is 0 Å². The molecule has 2 aromatic carbocycles. The van der Waals surface area contributed by atoms with Crippen molar-refractivity contribution in [2.24, 2.45) is 7.05 Å². The Morgan fingerprint density at radius 1 is 0.971 bits per heavy atom. The highest BCUT2D eigenvalue weighted by atomic mass is 35.5. The lowest BCUT2D eigenvalue weighted by Gasteiger charge is -2.25. The number of aryl methyl sites for hydroxylation is 1. The predicted octanol–water partition coefficient (Wildman–Crippen LogP) is 5.91. The number of fused-ring (bicyclic) bond motifs is 1. The van der Waals surface area contributed by atoms with E-state index < -0.39 is 0 Å². The van der Waals surface area contributed by atoms with E-state index in [0.29, 0.717) is 6.42 Å². The minimum atomic E-state index is 0.694. The van der Waals surface area contributed by atoms with Crippen molar-refractivity contribution in [2.45, 2.75) is 20.3 Å². The summed E-state index contributed by atoms with van der Waals surface area (Å²) in [5, 5.41) is 6.01.